The maximum absolute atomic E-state index is 12.9. The van der Waals surface area contributed by atoms with Crippen LogP contribution >= 0.6 is 0 Å². The Morgan fingerprint density at radius 1 is 1.22 bits per heavy atom. The summed E-state index contributed by atoms with van der Waals surface area (Å²) in [6, 6.07) is -1.63. The number of ether oxygens (including phenoxy) is 2. The van der Waals surface area contributed by atoms with Gasteiger partial charge in [-0.1, -0.05) is 12.2 Å². The molecule has 0 aromatic carbocycles. The summed E-state index contributed by atoms with van der Waals surface area (Å²) >= 11 is 0. The summed E-state index contributed by atoms with van der Waals surface area (Å²) in [5.74, 6) is -0.810. The van der Waals surface area contributed by atoms with Crippen LogP contribution in [0.4, 0.5) is 4.79 Å². The molecule has 128 valence electrons. The van der Waals surface area contributed by atoms with Crippen molar-refractivity contribution in [3.05, 3.63) is 25.3 Å². The Kier molecular flexibility index (Phi) is 7.31. The molecule has 7 heteroatoms. The second-order valence-electron chi connectivity index (χ2n) is 5.25. The molecule has 0 aliphatic carbocycles. The van der Waals surface area contributed by atoms with Crippen LogP contribution in [0.25, 0.3) is 0 Å². The standard InChI is InChI=1S/C16H24N2O5/c1-5-7-11-9-10-13(15(20)22-3)18(11)14(19)12(8-6-2)17-16(21)23-4/h5-6,11-13H,1-2,7-10H2,3-4H3,(H,17,21)/t11-,12+,13+/m1/s1. The average Bonchev–Trinajstić information content (AvgIpc) is 2.96. The minimum atomic E-state index is -0.836. The third-order valence-corrected chi connectivity index (χ3v) is 3.85. The Balaban J connectivity index is 3.02. The van der Waals surface area contributed by atoms with Gasteiger partial charge in [0.2, 0.25) is 5.91 Å². The molecule has 0 aromatic heterocycles. The lowest BCUT2D eigenvalue weighted by molar-refractivity contribution is -0.152. The number of methoxy groups -OCH3 is 2. The SMILES string of the molecule is C=CC[C@@H]1CC[C@@H](C(=O)OC)N1C(=O)[C@H](CC=C)NC(=O)OC. The van der Waals surface area contributed by atoms with Gasteiger partial charge in [0.25, 0.3) is 0 Å². The predicted molar refractivity (Wildman–Crippen MR) is 84.6 cm³/mol. The third-order valence-electron chi connectivity index (χ3n) is 3.85. The van der Waals surface area contributed by atoms with Crippen molar-refractivity contribution in [2.45, 2.75) is 43.8 Å². The van der Waals surface area contributed by atoms with Crippen molar-refractivity contribution in [1.82, 2.24) is 10.2 Å². The van der Waals surface area contributed by atoms with Crippen molar-refractivity contribution in [2.75, 3.05) is 14.2 Å². The van der Waals surface area contributed by atoms with Gasteiger partial charge in [-0.3, -0.25) is 4.79 Å². The molecule has 0 unspecified atom stereocenters. The molecule has 0 spiro atoms. The Morgan fingerprint density at radius 2 is 1.91 bits per heavy atom. The van der Waals surface area contributed by atoms with E-state index in [0.717, 1.165) is 0 Å². The first-order chi connectivity index (χ1) is 11.0. The summed E-state index contributed by atoms with van der Waals surface area (Å²) in [6.07, 6.45) is 4.54. The van der Waals surface area contributed by atoms with E-state index in [1.807, 2.05) is 0 Å². The highest BCUT2D eigenvalue weighted by Gasteiger charge is 2.43. The fraction of sp³-hybridized carbons (Fsp3) is 0.562. The van der Waals surface area contributed by atoms with Gasteiger partial charge < -0.3 is 19.7 Å². The lowest BCUT2D eigenvalue weighted by Crippen LogP contribution is -2.54. The van der Waals surface area contributed by atoms with Gasteiger partial charge in [-0.05, 0) is 25.7 Å². The molecule has 0 aromatic rings. The maximum Gasteiger partial charge on any atom is 0.407 e. The van der Waals surface area contributed by atoms with Gasteiger partial charge >= 0.3 is 12.1 Å². The molecule has 0 saturated carbocycles. The van der Waals surface area contributed by atoms with Gasteiger partial charge in [-0.25, -0.2) is 9.59 Å². The molecule has 1 aliphatic heterocycles. The fourth-order valence-electron chi connectivity index (χ4n) is 2.78. The number of alkyl carbamates (subject to hydrolysis) is 1. The van der Waals surface area contributed by atoms with Gasteiger partial charge in [0.05, 0.1) is 14.2 Å². The number of nitrogens with one attached hydrogen (secondary N) is 1. The summed E-state index contributed by atoms with van der Waals surface area (Å²) in [6.45, 7) is 7.29. The van der Waals surface area contributed by atoms with Crippen molar-refractivity contribution in [3.8, 4) is 0 Å². The molecule has 1 fully saturated rings. The van der Waals surface area contributed by atoms with Crippen LogP contribution in [0.2, 0.25) is 0 Å². The quantitative estimate of drug-likeness (QED) is 0.565. The Labute approximate surface area is 136 Å². The smallest absolute Gasteiger partial charge is 0.407 e. The van der Waals surface area contributed by atoms with Crippen LogP contribution in [-0.4, -0.2) is 55.2 Å². The molecule has 1 saturated heterocycles. The molecule has 7 nitrogen and oxygen atoms in total. The van der Waals surface area contributed by atoms with Crippen molar-refractivity contribution >= 4 is 18.0 Å². The van der Waals surface area contributed by atoms with Gasteiger partial charge in [0.15, 0.2) is 0 Å². The van der Waals surface area contributed by atoms with Gasteiger partial charge in [0, 0.05) is 6.04 Å². The molecular formula is C16H24N2O5. The Hall–Kier alpha value is -2.31. The zero-order valence-electron chi connectivity index (χ0n) is 13.6. The molecule has 0 bridgehead atoms. The lowest BCUT2D eigenvalue weighted by atomic mass is 10.1. The summed E-state index contributed by atoms with van der Waals surface area (Å²) in [7, 11) is 2.51. The number of rotatable bonds is 7. The molecule has 0 radical (unpaired) electrons. The predicted octanol–water partition coefficient (Wildman–Crippen LogP) is 1.40. The summed E-state index contributed by atoms with van der Waals surface area (Å²) in [5, 5.41) is 2.48. The number of nitrogens with zero attached hydrogens (tertiary/aromatic N) is 1. The van der Waals surface area contributed by atoms with Crippen molar-refractivity contribution < 1.29 is 23.9 Å². The molecular weight excluding hydrogens is 300 g/mol. The minimum absolute atomic E-state index is 0.143. The van der Waals surface area contributed by atoms with Crippen LogP contribution < -0.4 is 5.32 Å². The third kappa shape index (κ3) is 4.58. The van der Waals surface area contributed by atoms with E-state index in [0.29, 0.717) is 19.3 Å². The van der Waals surface area contributed by atoms with E-state index in [2.05, 4.69) is 23.2 Å². The first kappa shape index (κ1) is 18.7. The van der Waals surface area contributed by atoms with E-state index in [-0.39, 0.29) is 18.4 Å². The fourth-order valence-corrected chi connectivity index (χ4v) is 2.78. The van der Waals surface area contributed by atoms with Crippen LogP contribution in [0, 0.1) is 0 Å². The number of amides is 2. The second-order valence-corrected chi connectivity index (χ2v) is 5.25. The summed E-state index contributed by atoms with van der Waals surface area (Å²) in [4.78, 5) is 37.8. The van der Waals surface area contributed by atoms with Crippen molar-refractivity contribution in [1.29, 1.82) is 0 Å². The number of hydrogen-bond acceptors (Lipinski definition) is 5. The van der Waals surface area contributed by atoms with Gasteiger partial charge in [0.1, 0.15) is 12.1 Å². The topological polar surface area (TPSA) is 84.9 Å². The zero-order chi connectivity index (χ0) is 17.4. The molecule has 1 heterocycles. The minimum Gasteiger partial charge on any atom is -0.467 e. The zero-order valence-corrected chi connectivity index (χ0v) is 13.6. The van der Waals surface area contributed by atoms with Crippen LogP contribution in [0.15, 0.2) is 25.3 Å². The van der Waals surface area contributed by atoms with Gasteiger partial charge in [-0.2, -0.15) is 0 Å². The largest absolute Gasteiger partial charge is 0.467 e. The number of hydrogen-bond donors (Lipinski definition) is 1. The molecule has 1 aliphatic rings. The summed E-state index contributed by atoms with van der Waals surface area (Å²) in [5.41, 5.74) is 0. The maximum atomic E-state index is 12.9. The van der Waals surface area contributed by atoms with E-state index < -0.39 is 24.1 Å². The van der Waals surface area contributed by atoms with Gasteiger partial charge in [-0.15, -0.1) is 13.2 Å². The van der Waals surface area contributed by atoms with E-state index in [1.165, 1.54) is 25.2 Å². The van der Waals surface area contributed by atoms with E-state index in [4.69, 9.17) is 4.74 Å². The second kappa shape index (κ2) is 8.97. The first-order valence-corrected chi connectivity index (χ1v) is 7.46. The van der Waals surface area contributed by atoms with E-state index in [9.17, 15) is 14.4 Å². The van der Waals surface area contributed by atoms with Crippen LogP contribution in [-0.2, 0) is 19.1 Å². The Bertz CT molecular complexity index is 477. The normalized spacial score (nSPS) is 21.2. The van der Waals surface area contributed by atoms with E-state index in [1.54, 1.807) is 6.08 Å². The lowest BCUT2D eigenvalue weighted by Gasteiger charge is -2.31. The van der Waals surface area contributed by atoms with Crippen molar-refractivity contribution in [3.63, 3.8) is 0 Å². The average molecular weight is 324 g/mol. The molecule has 3 atom stereocenters. The first-order valence-electron chi connectivity index (χ1n) is 7.46. The number of carbonyl (C=O) groups excluding carboxylic acids is 3. The molecule has 23 heavy (non-hydrogen) atoms. The highest BCUT2D eigenvalue weighted by molar-refractivity contribution is 5.90. The molecule has 1 N–H and O–H groups in total. The van der Waals surface area contributed by atoms with Crippen LogP contribution in [0.3, 0.4) is 0 Å². The van der Waals surface area contributed by atoms with Crippen LogP contribution in [0.5, 0.6) is 0 Å². The number of esters is 1. The number of likely N-dealkylation sites (tertiary alicyclic amines) is 1. The monoisotopic (exact) mass is 324 g/mol. The molecule has 2 amide bonds. The Morgan fingerprint density at radius 3 is 2.43 bits per heavy atom. The summed E-state index contributed by atoms with van der Waals surface area (Å²) < 4.78 is 9.34. The van der Waals surface area contributed by atoms with E-state index >= 15 is 0 Å². The number of carbonyl (C=O) groups is 3. The highest BCUT2D eigenvalue weighted by atomic mass is 16.5. The van der Waals surface area contributed by atoms with Crippen LogP contribution in [0.1, 0.15) is 25.7 Å². The molecule has 1 rings (SSSR count). The van der Waals surface area contributed by atoms with Crippen molar-refractivity contribution in [2.24, 2.45) is 0 Å². The highest BCUT2D eigenvalue weighted by Crippen LogP contribution is 2.28.